The van der Waals surface area contributed by atoms with Gasteiger partial charge in [0.1, 0.15) is 73.1 Å². The molecule has 5 saturated heterocycles. The van der Waals surface area contributed by atoms with Crippen LogP contribution >= 0.6 is 0 Å². The van der Waals surface area contributed by atoms with Crippen LogP contribution in [0.1, 0.15) is 39.7 Å². The predicted molar refractivity (Wildman–Crippen MR) is 361 cm³/mol. The number of carbonyl (C=O) groups excluding carboxylic acids is 2. The van der Waals surface area contributed by atoms with Crippen molar-refractivity contribution in [2.75, 3.05) is 34.0 Å². The molecule has 5 fully saturated rings. The van der Waals surface area contributed by atoms with E-state index in [0.29, 0.717) is 33.4 Å². The van der Waals surface area contributed by atoms with Gasteiger partial charge in [-0.25, -0.2) is 26.4 Å². The van der Waals surface area contributed by atoms with Crippen molar-refractivity contribution in [3.05, 3.63) is 249 Å². The zero-order valence-corrected chi connectivity index (χ0v) is 58.5. The highest BCUT2D eigenvalue weighted by Crippen LogP contribution is 2.43. The van der Waals surface area contributed by atoms with Gasteiger partial charge in [0.2, 0.25) is 20.8 Å². The molecule has 35 heteroatoms. The Morgan fingerprint density at radius 3 is 1.32 bits per heavy atom. The highest BCUT2D eigenvalue weighted by molar-refractivity contribution is 7.81. The Morgan fingerprint density at radius 1 is 0.481 bits per heavy atom. The van der Waals surface area contributed by atoms with Crippen LogP contribution in [0.5, 0.6) is 0 Å². The van der Waals surface area contributed by atoms with Crippen LogP contribution in [0, 0.1) is 0 Å². The molecule has 0 saturated carbocycles. The number of ether oxygens (including phenoxy) is 17. The van der Waals surface area contributed by atoms with E-state index in [9.17, 15) is 46.6 Å². The van der Waals surface area contributed by atoms with E-state index in [4.69, 9.17) is 88.9 Å². The van der Waals surface area contributed by atoms with E-state index in [1.165, 1.54) is 6.08 Å². The molecular weight excluding hydrogens is 1430 g/mol. The van der Waals surface area contributed by atoms with Gasteiger partial charge >= 0.3 is 11.9 Å². The molecule has 566 valence electrons. The summed E-state index contributed by atoms with van der Waals surface area (Å²) in [6, 6.07) is 48.4. The molecule has 0 bridgehead atoms. The first-order chi connectivity index (χ1) is 51.4. The first-order valence-corrected chi connectivity index (χ1v) is 36.0. The first-order valence-electron chi connectivity index (χ1n) is 33.3. The molecule has 0 aliphatic carbocycles. The van der Waals surface area contributed by atoms with Crippen molar-refractivity contribution in [1.82, 2.24) is 0 Å². The largest absolute Gasteiger partial charge is 0.726 e. The predicted octanol–water partition coefficient (Wildman–Crippen LogP) is 7.31. The second kappa shape index (κ2) is 38.0. The molecule has 106 heavy (non-hydrogen) atoms. The molecule has 21 atom stereocenters. The van der Waals surface area contributed by atoms with E-state index in [2.05, 4.69) is 26.6 Å². The Bertz CT molecular complexity index is 4110. The van der Waals surface area contributed by atoms with Gasteiger partial charge in [-0.05, 0) is 38.9 Å². The average molecular weight is 1510 g/mol. The lowest BCUT2D eigenvalue weighted by Crippen LogP contribution is -2.69. The van der Waals surface area contributed by atoms with Crippen molar-refractivity contribution in [2.24, 2.45) is 10.2 Å². The first kappa shape index (κ1) is 78.8. The monoisotopic (exact) mass is 1510 g/mol. The number of esters is 2. The van der Waals surface area contributed by atoms with Crippen LogP contribution in [-0.4, -0.2) is 195 Å². The van der Waals surface area contributed by atoms with Gasteiger partial charge in [-0.2, -0.15) is 0 Å². The maximum atomic E-state index is 14.8. The molecular formula is C71H76N6O27S2-2. The van der Waals surface area contributed by atoms with Crippen LogP contribution in [0.25, 0.3) is 20.9 Å². The third-order valence-corrected chi connectivity index (χ3v) is 18.4. The summed E-state index contributed by atoms with van der Waals surface area (Å²) in [6.45, 7) is 1.07. The Kier molecular flexibility index (Phi) is 28.3. The molecule has 5 heterocycles. The second-order valence-electron chi connectivity index (χ2n) is 24.5. The second-order valence-corrected chi connectivity index (χ2v) is 26.5. The number of hydrogen-bond acceptors (Lipinski definition) is 29. The highest BCUT2D eigenvalue weighted by Gasteiger charge is 2.61. The van der Waals surface area contributed by atoms with Crippen LogP contribution in [0.15, 0.2) is 205 Å². The van der Waals surface area contributed by atoms with Crippen molar-refractivity contribution in [2.45, 2.75) is 162 Å². The number of azide groups is 2. The normalized spacial score (nSPS) is 30.3. The summed E-state index contributed by atoms with van der Waals surface area (Å²) < 4.78 is 198. The molecule has 33 nitrogen and oxygen atoms in total. The summed E-state index contributed by atoms with van der Waals surface area (Å²) in [5.74, 6) is -2.41. The smallest absolute Gasteiger partial charge is 0.337 e. The molecule has 0 spiro atoms. The Balaban J connectivity index is 1.02. The van der Waals surface area contributed by atoms with Crippen LogP contribution < -0.4 is 0 Å². The van der Waals surface area contributed by atoms with E-state index in [-0.39, 0.29) is 39.6 Å². The lowest BCUT2D eigenvalue weighted by molar-refractivity contribution is -0.383. The standard InChI is InChI=1S/C71H78N6O27S2/c1-4-35-89-70-63(103-105(80,81)82)57(92-39-46-29-17-8-18-30-46)59(61(101-70)65(78)86-2)99-68-51(74-76-72)55(90-37-44-25-13-6-14-26-44)53(49(95-68)41-88-36-43-23-11-5-12-24-43)98-71-64(104-106(83,84)85)58(93-40-47-31-19-9-20-32-47)60(62(102-71)66(79)87-3)100-69-52(75-77-73)56(91-38-45-27-15-7-16-28-45)54-50(96-69)42-94-67(97-54)48-33-21-10-22-34-48/h4-34,49-64,67-71H,1,35-42H2,2-3H3,(H,80,81,82)(H,83,84,85)/p-2/t49-,50-,51-,52-,53-,54-,55-,56-,57+,58+,59+,60+,61-,62-,63-,64-,67?,68-,69-,70-,71-/m1/s1. The molecule has 0 radical (unpaired) electrons. The summed E-state index contributed by atoms with van der Waals surface area (Å²) in [5, 5.41) is 8.27. The van der Waals surface area contributed by atoms with Gasteiger partial charge in [-0.3, -0.25) is 8.37 Å². The SMILES string of the molecule is C=CCO[C@@H]1O[C@@H](C(=O)OC)[C@@H](O[C@H]2O[C@H](COCc3ccccc3)[C@@H](O[C@@H]3O[C@@H](C(=O)OC)[C@@H](O[C@H]4O[C@@H]5COC(c6ccccc6)O[C@H]5[C@H](OCc5ccccc5)[C@H]4N=[N+]=[N-])[C@H](OCc4ccccc4)[C@H]3OS(=O)(=O)[O-])[C@H](OCc3ccccc3)[C@H]2N=[N+]=[N-])[C@H](OCc2ccccc2)[C@H]1OS(=O)(=O)[O-]. The number of nitrogens with zero attached hydrogens (tertiary/aromatic N) is 6. The zero-order valence-electron chi connectivity index (χ0n) is 56.9. The molecule has 1 unspecified atom stereocenters. The van der Waals surface area contributed by atoms with E-state index in [0.717, 1.165) is 14.2 Å². The van der Waals surface area contributed by atoms with E-state index in [1.807, 2.05) is 12.1 Å². The zero-order chi connectivity index (χ0) is 74.6. The molecule has 5 aliphatic rings. The summed E-state index contributed by atoms with van der Waals surface area (Å²) in [6.07, 6.45) is -33.2. The van der Waals surface area contributed by atoms with Crippen LogP contribution in [0.4, 0.5) is 0 Å². The topological polar surface area (TPSA) is 421 Å². The lowest BCUT2D eigenvalue weighted by Gasteiger charge is -2.52. The summed E-state index contributed by atoms with van der Waals surface area (Å²) in [4.78, 5) is 35.4. The van der Waals surface area contributed by atoms with E-state index >= 15 is 0 Å². The number of hydrogen-bond donors (Lipinski definition) is 0. The number of benzene rings is 6. The van der Waals surface area contributed by atoms with Crippen LogP contribution in [-0.2, 0) is 152 Å². The van der Waals surface area contributed by atoms with Crippen molar-refractivity contribution < 1.29 is 124 Å². The van der Waals surface area contributed by atoms with Crippen LogP contribution in [0.3, 0.4) is 0 Å². The quantitative estimate of drug-likeness (QED) is 0.00726. The third-order valence-electron chi connectivity index (χ3n) is 17.5. The van der Waals surface area contributed by atoms with Crippen molar-refractivity contribution in [1.29, 1.82) is 0 Å². The van der Waals surface area contributed by atoms with E-state index < -0.39 is 175 Å². The Morgan fingerprint density at radius 2 is 0.877 bits per heavy atom. The van der Waals surface area contributed by atoms with Gasteiger partial charge in [-0.15, -0.1) is 6.58 Å². The van der Waals surface area contributed by atoms with Crippen molar-refractivity contribution >= 4 is 32.7 Å². The summed E-state index contributed by atoms with van der Waals surface area (Å²) >= 11 is 0. The molecule has 11 rings (SSSR count). The van der Waals surface area contributed by atoms with Gasteiger partial charge in [0.25, 0.3) is 0 Å². The molecule has 6 aromatic carbocycles. The van der Waals surface area contributed by atoms with Gasteiger partial charge in [0.05, 0.1) is 67.1 Å². The minimum absolute atomic E-state index is 0.0778. The number of methoxy groups -OCH3 is 2. The fourth-order valence-corrected chi connectivity index (χ4v) is 13.6. The van der Waals surface area contributed by atoms with Crippen LogP contribution in [0.2, 0.25) is 0 Å². The number of fused-ring (bicyclic) bond motifs is 1. The molecule has 0 aromatic heterocycles. The van der Waals surface area contributed by atoms with Gasteiger partial charge < -0.3 is 89.6 Å². The highest BCUT2D eigenvalue weighted by atomic mass is 32.3. The summed E-state index contributed by atoms with van der Waals surface area (Å²) in [7, 11) is -9.70. The van der Waals surface area contributed by atoms with Gasteiger partial charge in [0, 0.05) is 15.4 Å². The number of carbonyl (C=O) groups is 2. The molecule has 5 aliphatic heterocycles. The molecule has 0 N–H and O–H groups in total. The fourth-order valence-electron chi connectivity index (χ4n) is 12.7. The third kappa shape index (κ3) is 20.9. The molecule has 6 aromatic rings. The van der Waals surface area contributed by atoms with Crippen molar-refractivity contribution in [3.8, 4) is 0 Å². The van der Waals surface area contributed by atoms with Gasteiger partial charge in [-0.1, -0.05) is 198 Å². The van der Waals surface area contributed by atoms with E-state index in [1.54, 1.807) is 170 Å². The van der Waals surface area contributed by atoms with Gasteiger partial charge in [0.15, 0.2) is 55.9 Å². The minimum atomic E-state index is -5.98. The summed E-state index contributed by atoms with van der Waals surface area (Å²) in [5.41, 5.74) is 24.5. The average Bonchev–Trinajstić information content (AvgIpc) is 0.759. The van der Waals surface area contributed by atoms with Crippen molar-refractivity contribution in [3.63, 3.8) is 0 Å². The lowest BCUT2D eigenvalue weighted by atomic mass is 9.93. The maximum absolute atomic E-state index is 14.8. The Labute approximate surface area is 609 Å². The maximum Gasteiger partial charge on any atom is 0.337 e. The number of rotatable bonds is 34. The fraction of sp³-hybridized carbons (Fsp3) is 0.437. The minimum Gasteiger partial charge on any atom is -0.726 e. The Hall–Kier alpha value is -8.24. The molecule has 0 amide bonds.